The number of ether oxygens (including phenoxy) is 1. The zero-order valence-electron chi connectivity index (χ0n) is 11.5. The Labute approximate surface area is 120 Å². The molecule has 0 aliphatic heterocycles. The van der Waals surface area contributed by atoms with Crippen LogP contribution in [0.2, 0.25) is 0 Å². The summed E-state index contributed by atoms with van der Waals surface area (Å²) in [4.78, 5) is 26.2. The summed E-state index contributed by atoms with van der Waals surface area (Å²) >= 11 is 1.12. The largest absolute Gasteiger partial charge is 0.467 e. The summed E-state index contributed by atoms with van der Waals surface area (Å²) in [5.41, 5.74) is 0. The lowest BCUT2D eigenvalue weighted by atomic mass is 10.2. The standard InChI is InChI=1S/C14H15NO4S/c1-9(10-5-4-8-19-10)15(2)13(16)11-6-7-12(20-11)14(17)18-3/h4-9H,1-3H3. The van der Waals surface area contributed by atoms with Crippen LogP contribution in [0.5, 0.6) is 0 Å². The molecule has 0 saturated carbocycles. The van der Waals surface area contributed by atoms with Gasteiger partial charge in [-0.05, 0) is 31.2 Å². The van der Waals surface area contributed by atoms with Gasteiger partial charge >= 0.3 is 5.97 Å². The number of nitrogens with zero attached hydrogens (tertiary/aromatic N) is 1. The maximum atomic E-state index is 12.3. The lowest BCUT2D eigenvalue weighted by Crippen LogP contribution is -2.28. The number of hydrogen-bond acceptors (Lipinski definition) is 5. The summed E-state index contributed by atoms with van der Waals surface area (Å²) in [6.07, 6.45) is 1.57. The zero-order chi connectivity index (χ0) is 14.7. The van der Waals surface area contributed by atoms with Crippen molar-refractivity contribution >= 4 is 23.2 Å². The monoisotopic (exact) mass is 293 g/mol. The summed E-state index contributed by atoms with van der Waals surface area (Å²) in [6, 6.07) is 6.65. The fourth-order valence-electron chi connectivity index (χ4n) is 1.73. The van der Waals surface area contributed by atoms with Crippen LogP contribution in [0.15, 0.2) is 34.9 Å². The minimum Gasteiger partial charge on any atom is -0.467 e. The Balaban J connectivity index is 2.14. The SMILES string of the molecule is COC(=O)c1ccc(C(=O)N(C)C(C)c2ccco2)s1. The van der Waals surface area contributed by atoms with E-state index in [1.165, 1.54) is 7.11 Å². The Hall–Kier alpha value is -2.08. The first-order chi connectivity index (χ1) is 9.54. The van der Waals surface area contributed by atoms with Gasteiger partial charge in [0.2, 0.25) is 0 Å². The number of hydrogen-bond donors (Lipinski definition) is 0. The van der Waals surface area contributed by atoms with Crippen LogP contribution < -0.4 is 0 Å². The molecule has 0 radical (unpaired) electrons. The molecular formula is C14H15NO4S. The molecule has 2 aromatic rings. The molecule has 1 amide bonds. The topological polar surface area (TPSA) is 59.8 Å². The highest BCUT2D eigenvalue weighted by Crippen LogP contribution is 2.24. The van der Waals surface area contributed by atoms with Crippen LogP contribution in [-0.4, -0.2) is 30.9 Å². The van der Waals surface area contributed by atoms with Crippen molar-refractivity contribution in [3.05, 3.63) is 46.0 Å². The molecule has 0 saturated heterocycles. The number of carbonyl (C=O) groups excluding carboxylic acids is 2. The third-order valence-electron chi connectivity index (χ3n) is 3.06. The van der Waals surface area contributed by atoms with Crippen molar-refractivity contribution in [1.29, 1.82) is 0 Å². The average Bonchev–Trinajstić information content (AvgIpc) is 3.14. The van der Waals surface area contributed by atoms with Gasteiger partial charge in [-0.25, -0.2) is 4.79 Å². The zero-order valence-corrected chi connectivity index (χ0v) is 12.3. The predicted octanol–water partition coefficient (Wildman–Crippen LogP) is 2.96. The Morgan fingerprint density at radius 2 is 2.00 bits per heavy atom. The van der Waals surface area contributed by atoms with E-state index in [-0.39, 0.29) is 11.9 Å². The van der Waals surface area contributed by atoms with E-state index in [1.807, 2.05) is 13.0 Å². The van der Waals surface area contributed by atoms with E-state index < -0.39 is 5.97 Å². The molecule has 0 aliphatic carbocycles. The molecule has 2 aromatic heterocycles. The maximum Gasteiger partial charge on any atom is 0.348 e. The molecule has 6 heteroatoms. The van der Waals surface area contributed by atoms with Crippen molar-refractivity contribution in [1.82, 2.24) is 4.90 Å². The highest BCUT2D eigenvalue weighted by atomic mass is 32.1. The van der Waals surface area contributed by atoms with Gasteiger partial charge in [-0.2, -0.15) is 0 Å². The molecule has 2 heterocycles. The first-order valence-corrected chi connectivity index (χ1v) is 6.85. The van der Waals surface area contributed by atoms with Gasteiger partial charge in [-0.15, -0.1) is 11.3 Å². The first kappa shape index (κ1) is 14.3. The second kappa shape index (κ2) is 5.92. The van der Waals surface area contributed by atoms with Crippen LogP contribution >= 0.6 is 11.3 Å². The molecule has 2 rings (SSSR count). The fraction of sp³-hybridized carbons (Fsp3) is 0.286. The fourth-order valence-corrected chi connectivity index (χ4v) is 2.64. The number of esters is 1. The van der Waals surface area contributed by atoms with E-state index in [1.54, 1.807) is 36.4 Å². The molecule has 5 nitrogen and oxygen atoms in total. The van der Waals surface area contributed by atoms with Gasteiger partial charge < -0.3 is 14.1 Å². The lowest BCUT2D eigenvalue weighted by Gasteiger charge is -2.22. The second-order valence-corrected chi connectivity index (χ2v) is 5.35. The van der Waals surface area contributed by atoms with Gasteiger partial charge in [-0.3, -0.25) is 4.79 Å². The van der Waals surface area contributed by atoms with Crippen molar-refractivity contribution in [2.45, 2.75) is 13.0 Å². The number of furan rings is 1. The third-order valence-corrected chi connectivity index (χ3v) is 4.11. The number of amides is 1. The van der Waals surface area contributed by atoms with E-state index in [0.29, 0.717) is 15.5 Å². The molecule has 0 fully saturated rings. The molecule has 1 unspecified atom stereocenters. The van der Waals surface area contributed by atoms with Gasteiger partial charge in [0.25, 0.3) is 5.91 Å². The van der Waals surface area contributed by atoms with E-state index in [0.717, 1.165) is 11.3 Å². The van der Waals surface area contributed by atoms with Crippen molar-refractivity contribution in [2.75, 3.05) is 14.2 Å². The quantitative estimate of drug-likeness (QED) is 0.813. The van der Waals surface area contributed by atoms with Crippen LogP contribution in [0.1, 0.15) is 38.1 Å². The van der Waals surface area contributed by atoms with Gasteiger partial charge in [0.15, 0.2) is 0 Å². The van der Waals surface area contributed by atoms with Crippen molar-refractivity contribution < 1.29 is 18.7 Å². The van der Waals surface area contributed by atoms with Gasteiger partial charge in [0, 0.05) is 7.05 Å². The van der Waals surface area contributed by atoms with Crippen LogP contribution in [0, 0.1) is 0 Å². The third kappa shape index (κ3) is 2.75. The molecule has 20 heavy (non-hydrogen) atoms. The molecule has 0 aromatic carbocycles. The number of thiophene rings is 1. The van der Waals surface area contributed by atoms with Crippen molar-refractivity contribution in [2.24, 2.45) is 0 Å². The Morgan fingerprint density at radius 1 is 1.30 bits per heavy atom. The molecule has 1 atom stereocenters. The summed E-state index contributed by atoms with van der Waals surface area (Å²) in [7, 11) is 3.02. The Bertz CT molecular complexity index is 602. The summed E-state index contributed by atoms with van der Waals surface area (Å²) in [5.74, 6) is 0.121. The number of carbonyl (C=O) groups is 2. The molecule has 0 bridgehead atoms. The van der Waals surface area contributed by atoms with Crippen molar-refractivity contribution in [3.8, 4) is 0 Å². The normalized spacial score (nSPS) is 11.9. The smallest absolute Gasteiger partial charge is 0.348 e. The van der Waals surface area contributed by atoms with Gasteiger partial charge in [0.05, 0.1) is 24.3 Å². The summed E-state index contributed by atoms with van der Waals surface area (Å²) in [5, 5.41) is 0. The van der Waals surface area contributed by atoms with Crippen molar-refractivity contribution in [3.63, 3.8) is 0 Å². The average molecular weight is 293 g/mol. The van der Waals surface area contributed by atoms with Gasteiger partial charge in [0.1, 0.15) is 10.6 Å². The Kier molecular flexibility index (Phi) is 4.24. The number of methoxy groups -OCH3 is 1. The summed E-state index contributed by atoms with van der Waals surface area (Å²) < 4.78 is 9.93. The molecule has 0 aliphatic rings. The molecule has 0 N–H and O–H groups in total. The molecule has 0 spiro atoms. The summed E-state index contributed by atoms with van der Waals surface area (Å²) in [6.45, 7) is 1.88. The van der Waals surface area contributed by atoms with Crippen LogP contribution in [-0.2, 0) is 4.74 Å². The minimum atomic E-state index is -0.434. The van der Waals surface area contributed by atoms with Crippen LogP contribution in [0.3, 0.4) is 0 Å². The van der Waals surface area contributed by atoms with E-state index in [2.05, 4.69) is 4.74 Å². The minimum absolute atomic E-state index is 0.158. The molecule has 106 valence electrons. The number of rotatable bonds is 4. The lowest BCUT2D eigenvalue weighted by molar-refractivity contribution is 0.0606. The first-order valence-electron chi connectivity index (χ1n) is 6.03. The second-order valence-electron chi connectivity index (χ2n) is 4.26. The van der Waals surface area contributed by atoms with E-state index in [4.69, 9.17) is 4.42 Å². The highest BCUT2D eigenvalue weighted by Gasteiger charge is 2.23. The van der Waals surface area contributed by atoms with Gasteiger partial charge in [-0.1, -0.05) is 0 Å². The molecular weight excluding hydrogens is 278 g/mol. The maximum absolute atomic E-state index is 12.3. The van der Waals surface area contributed by atoms with E-state index in [9.17, 15) is 9.59 Å². The van der Waals surface area contributed by atoms with Crippen LogP contribution in [0.25, 0.3) is 0 Å². The Morgan fingerprint density at radius 3 is 2.60 bits per heavy atom. The van der Waals surface area contributed by atoms with Crippen LogP contribution in [0.4, 0.5) is 0 Å². The highest BCUT2D eigenvalue weighted by molar-refractivity contribution is 7.15. The predicted molar refractivity (Wildman–Crippen MR) is 74.9 cm³/mol. The van der Waals surface area contributed by atoms with E-state index >= 15 is 0 Å².